The van der Waals surface area contributed by atoms with Gasteiger partial charge in [0, 0.05) is 19.0 Å². The number of carbonyl (C=O) groups is 3. The number of likely N-dealkylation sites (tertiary alicyclic amines) is 1. The highest BCUT2D eigenvalue weighted by Gasteiger charge is 2.32. The molecule has 0 saturated carbocycles. The minimum atomic E-state index is -3.79. The third-order valence-electron chi connectivity index (χ3n) is 3.60. The summed E-state index contributed by atoms with van der Waals surface area (Å²) < 4.78 is 25.8. The van der Waals surface area contributed by atoms with E-state index in [9.17, 15) is 22.8 Å². The summed E-state index contributed by atoms with van der Waals surface area (Å²) in [5.41, 5.74) is 0. The number of rotatable bonds is 8. The Morgan fingerprint density at radius 2 is 1.92 bits per heavy atom. The fourth-order valence-electron chi connectivity index (χ4n) is 2.47. The van der Waals surface area contributed by atoms with Gasteiger partial charge in [0.25, 0.3) is 0 Å². The minimum absolute atomic E-state index is 0.101. The van der Waals surface area contributed by atoms with Crippen molar-refractivity contribution in [1.82, 2.24) is 14.9 Å². The molecule has 1 fully saturated rings. The van der Waals surface area contributed by atoms with Gasteiger partial charge >= 0.3 is 5.97 Å². The number of nitrogens with zero attached hydrogens (tertiary/aromatic N) is 1. The fourth-order valence-corrected chi connectivity index (χ4v) is 3.41. The van der Waals surface area contributed by atoms with Crippen molar-refractivity contribution in [2.75, 3.05) is 18.8 Å². The summed E-state index contributed by atoms with van der Waals surface area (Å²) in [7, 11) is -3.79. The number of hydrogen-bond donors (Lipinski definition) is 3. The Bertz CT molecular complexity index is 575. The van der Waals surface area contributed by atoms with Crippen LogP contribution >= 0.6 is 0 Å². The second-order valence-electron chi connectivity index (χ2n) is 6.05. The number of amides is 2. The molecule has 9 nitrogen and oxygen atoms in total. The molecule has 1 atom stereocenters. The zero-order chi connectivity index (χ0) is 18.3. The first kappa shape index (κ1) is 20.4. The van der Waals surface area contributed by atoms with E-state index >= 15 is 0 Å². The van der Waals surface area contributed by atoms with Crippen LogP contribution in [0.5, 0.6) is 0 Å². The van der Waals surface area contributed by atoms with Crippen LogP contribution in [0.2, 0.25) is 0 Å². The van der Waals surface area contributed by atoms with Gasteiger partial charge in [-0.3, -0.25) is 9.59 Å². The summed E-state index contributed by atoms with van der Waals surface area (Å²) in [6, 6.07) is -0.991. The molecule has 0 aromatic rings. The Morgan fingerprint density at radius 3 is 2.50 bits per heavy atom. The number of carbonyl (C=O) groups excluding carboxylic acids is 2. The lowest BCUT2D eigenvalue weighted by Gasteiger charge is -2.33. The number of sulfonamides is 1. The average Bonchev–Trinajstić information content (AvgIpc) is 2.50. The van der Waals surface area contributed by atoms with Crippen LogP contribution in [-0.2, 0) is 24.4 Å². The summed E-state index contributed by atoms with van der Waals surface area (Å²) in [6.45, 7) is 3.43. The van der Waals surface area contributed by atoms with E-state index in [4.69, 9.17) is 5.11 Å². The molecule has 1 heterocycles. The normalized spacial score (nSPS) is 18.5. The van der Waals surface area contributed by atoms with Crippen molar-refractivity contribution in [3.63, 3.8) is 0 Å². The number of hydrogen-bond acceptors (Lipinski definition) is 5. The van der Waals surface area contributed by atoms with E-state index in [1.807, 2.05) is 0 Å². The van der Waals surface area contributed by atoms with Gasteiger partial charge in [-0.25, -0.2) is 17.9 Å². The Balaban J connectivity index is 2.49. The zero-order valence-corrected chi connectivity index (χ0v) is 14.8. The molecular formula is C14H25N3O6S. The average molecular weight is 363 g/mol. The maximum absolute atomic E-state index is 12.1. The Kier molecular flexibility index (Phi) is 7.61. The Morgan fingerprint density at radius 1 is 1.25 bits per heavy atom. The van der Waals surface area contributed by atoms with Crippen molar-refractivity contribution in [3.8, 4) is 0 Å². The molecule has 24 heavy (non-hydrogen) atoms. The van der Waals surface area contributed by atoms with E-state index in [-0.39, 0.29) is 12.5 Å². The van der Waals surface area contributed by atoms with Gasteiger partial charge < -0.3 is 15.3 Å². The van der Waals surface area contributed by atoms with E-state index in [2.05, 4.69) is 10.0 Å². The number of nitrogens with one attached hydrogen (secondary N) is 2. The van der Waals surface area contributed by atoms with Gasteiger partial charge in [0.1, 0.15) is 6.04 Å². The molecule has 1 saturated heterocycles. The number of carboxylic acid groups (broad SMARTS) is 1. The topological polar surface area (TPSA) is 133 Å². The fraction of sp³-hybridized carbons (Fsp3) is 0.786. The summed E-state index contributed by atoms with van der Waals surface area (Å²) in [5.74, 6) is -2.51. The van der Waals surface area contributed by atoms with Crippen LogP contribution in [0.4, 0.5) is 0 Å². The first-order chi connectivity index (χ1) is 11.1. The van der Waals surface area contributed by atoms with E-state index < -0.39 is 46.1 Å². The lowest BCUT2D eigenvalue weighted by atomic mass is 10.0. The smallest absolute Gasteiger partial charge is 0.326 e. The molecule has 0 aromatic carbocycles. The molecule has 138 valence electrons. The molecule has 1 rings (SSSR count). The minimum Gasteiger partial charge on any atom is -0.480 e. The van der Waals surface area contributed by atoms with Crippen LogP contribution in [-0.4, -0.2) is 67.1 Å². The maximum Gasteiger partial charge on any atom is 0.326 e. The van der Waals surface area contributed by atoms with Gasteiger partial charge in [0.15, 0.2) is 0 Å². The van der Waals surface area contributed by atoms with Crippen LogP contribution in [0.1, 0.15) is 39.5 Å². The second-order valence-corrected chi connectivity index (χ2v) is 7.98. The molecule has 0 spiro atoms. The number of aliphatic carboxylic acids is 1. The first-order valence-electron chi connectivity index (χ1n) is 7.91. The van der Waals surface area contributed by atoms with Gasteiger partial charge in [-0.05, 0) is 33.1 Å². The van der Waals surface area contributed by atoms with Crippen molar-refractivity contribution in [2.24, 2.45) is 0 Å². The van der Waals surface area contributed by atoms with Gasteiger partial charge in [0.05, 0.1) is 12.3 Å². The summed E-state index contributed by atoms with van der Waals surface area (Å²) in [6.07, 6.45) is 1.49. The zero-order valence-electron chi connectivity index (χ0n) is 13.9. The molecule has 0 radical (unpaired) electrons. The van der Waals surface area contributed by atoms with Crippen LogP contribution in [0, 0.1) is 0 Å². The third-order valence-corrected chi connectivity index (χ3v) is 4.92. The molecular weight excluding hydrogens is 338 g/mol. The van der Waals surface area contributed by atoms with Crippen LogP contribution < -0.4 is 10.0 Å². The molecule has 1 unspecified atom stereocenters. The number of carboxylic acids is 1. The van der Waals surface area contributed by atoms with Gasteiger partial charge in [-0.1, -0.05) is 0 Å². The van der Waals surface area contributed by atoms with Crippen LogP contribution in [0.3, 0.4) is 0 Å². The summed E-state index contributed by atoms with van der Waals surface area (Å²) >= 11 is 0. The second kappa shape index (κ2) is 8.97. The van der Waals surface area contributed by atoms with Gasteiger partial charge in [0.2, 0.25) is 21.8 Å². The molecule has 0 aliphatic carbocycles. The maximum atomic E-state index is 12.1. The molecule has 0 bridgehead atoms. The Labute approximate surface area is 141 Å². The SMILES string of the molecule is CC(C)NC(=O)CNS(=O)(=O)CCC(=O)N1CCCCC1C(=O)O. The highest BCUT2D eigenvalue weighted by Crippen LogP contribution is 2.18. The molecule has 2 amide bonds. The van der Waals surface area contributed by atoms with Gasteiger partial charge in [-0.2, -0.15) is 0 Å². The summed E-state index contributed by atoms with van der Waals surface area (Å²) in [4.78, 5) is 36.0. The van der Waals surface area contributed by atoms with Crippen LogP contribution in [0.25, 0.3) is 0 Å². The number of piperidine rings is 1. The molecule has 3 N–H and O–H groups in total. The predicted molar refractivity (Wildman–Crippen MR) is 86.7 cm³/mol. The predicted octanol–water partition coefficient (Wildman–Crippen LogP) is -0.714. The van der Waals surface area contributed by atoms with E-state index in [0.717, 1.165) is 6.42 Å². The van der Waals surface area contributed by atoms with Crippen molar-refractivity contribution >= 4 is 27.8 Å². The molecule has 0 aromatic heterocycles. The molecule has 10 heteroatoms. The largest absolute Gasteiger partial charge is 0.480 e. The van der Waals surface area contributed by atoms with E-state index in [1.165, 1.54) is 4.90 Å². The highest BCUT2D eigenvalue weighted by molar-refractivity contribution is 7.89. The highest BCUT2D eigenvalue weighted by atomic mass is 32.2. The standard InChI is InChI=1S/C14H25N3O6S/c1-10(2)16-12(18)9-15-24(22,23)8-6-13(19)17-7-4-3-5-11(17)14(20)21/h10-11,15H,3-9H2,1-2H3,(H,16,18)(H,20,21). The molecule has 1 aliphatic rings. The van der Waals surface area contributed by atoms with Gasteiger partial charge in [-0.15, -0.1) is 0 Å². The van der Waals surface area contributed by atoms with Crippen molar-refractivity contribution in [1.29, 1.82) is 0 Å². The first-order valence-corrected chi connectivity index (χ1v) is 9.56. The van der Waals surface area contributed by atoms with E-state index in [1.54, 1.807) is 13.8 Å². The van der Waals surface area contributed by atoms with Crippen molar-refractivity contribution in [2.45, 2.75) is 51.6 Å². The van der Waals surface area contributed by atoms with E-state index in [0.29, 0.717) is 19.4 Å². The summed E-state index contributed by atoms with van der Waals surface area (Å²) in [5, 5.41) is 11.7. The Hall–Kier alpha value is -1.68. The monoisotopic (exact) mass is 363 g/mol. The van der Waals surface area contributed by atoms with Crippen molar-refractivity contribution < 1.29 is 27.9 Å². The quantitative estimate of drug-likeness (QED) is 0.521. The molecule has 1 aliphatic heterocycles. The van der Waals surface area contributed by atoms with Crippen molar-refractivity contribution in [3.05, 3.63) is 0 Å². The lowest BCUT2D eigenvalue weighted by molar-refractivity contribution is -0.151. The lowest BCUT2D eigenvalue weighted by Crippen LogP contribution is -2.48. The van der Waals surface area contributed by atoms with Crippen LogP contribution in [0.15, 0.2) is 0 Å². The third kappa shape index (κ3) is 6.83.